The van der Waals surface area contributed by atoms with Gasteiger partial charge in [0.1, 0.15) is 12.4 Å². The maximum atomic E-state index is 12.6. The lowest BCUT2D eigenvalue weighted by Gasteiger charge is -2.33. The molecule has 0 spiro atoms. The fourth-order valence-corrected chi connectivity index (χ4v) is 4.04. The molecule has 2 aliphatic carbocycles. The van der Waals surface area contributed by atoms with Crippen molar-refractivity contribution in [1.29, 1.82) is 0 Å². The number of hydrogen-bond donors (Lipinski definition) is 4. The van der Waals surface area contributed by atoms with Crippen molar-refractivity contribution in [3.8, 4) is 0 Å². The van der Waals surface area contributed by atoms with Crippen LogP contribution in [0, 0.1) is 12.8 Å². The number of nitrogens with zero attached hydrogens (tertiary/aromatic N) is 2. The van der Waals surface area contributed by atoms with E-state index in [0.29, 0.717) is 31.6 Å². The molecule has 0 saturated heterocycles. The van der Waals surface area contributed by atoms with Crippen LogP contribution in [0.3, 0.4) is 0 Å². The summed E-state index contributed by atoms with van der Waals surface area (Å²) in [6.07, 6.45) is 7.69. The summed E-state index contributed by atoms with van der Waals surface area (Å²) in [6, 6.07) is 1.26. The standard InChI is InChI=1S/C20H31N5O3/c1-13-9-18(21)25(24-13)12-19(27)23-16-10-15(7-8-17(16)26)20(28)22-11-14-5-3-2-4-6-14/h5,9,15-17,26H,2-4,6-8,10-12,21H2,1H3,(H,22,28)(H,23,27)/t15-,16+,17+/m0/s1. The number of aliphatic hydroxyl groups excluding tert-OH is 1. The van der Waals surface area contributed by atoms with Gasteiger partial charge in [0, 0.05) is 18.5 Å². The molecule has 0 radical (unpaired) electrons. The number of aliphatic hydroxyl groups is 1. The molecule has 154 valence electrons. The van der Waals surface area contributed by atoms with Gasteiger partial charge in [0.15, 0.2) is 0 Å². The number of nitrogens with two attached hydrogens (primary N) is 1. The lowest BCUT2D eigenvalue weighted by atomic mass is 9.83. The zero-order valence-electron chi connectivity index (χ0n) is 16.5. The zero-order chi connectivity index (χ0) is 20.1. The van der Waals surface area contributed by atoms with Gasteiger partial charge in [0.05, 0.1) is 17.8 Å². The van der Waals surface area contributed by atoms with Crippen LogP contribution in [0.5, 0.6) is 0 Å². The molecule has 2 amide bonds. The van der Waals surface area contributed by atoms with Gasteiger partial charge < -0.3 is 21.5 Å². The maximum Gasteiger partial charge on any atom is 0.242 e. The molecule has 5 N–H and O–H groups in total. The quantitative estimate of drug-likeness (QED) is 0.542. The number of carbonyl (C=O) groups excluding carboxylic acids is 2. The number of aromatic nitrogens is 2. The Balaban J connectivity index is 1.50. The third-order valence-electron chi connectivity index (χ3n) is 5.63. The minimum Gasteiger partial charge on any atom is -0.391 e. The van der Waals surface area contributed by atoms with Crippen molar-refractivity contribution in [2.24, 2.45) is 5.92 Å². The first-order valence-corrected chi connectivity index (χ1v) is 10.2. The number of rotatable bonds is 6. The molecule has 0 aromatic carbocycles. The summed E-state index contributed by atoms with van der Waals surface area (Å²) in [5, 5.41) is 20.3. The van der Waals surface area contributed by atoms with Crippen molar-refractivity contribution in [3.63, 3.8) is 0 Å². The molecule has 3 rings (SSSR count). The number of nitrogen functional groups attached to an aromatic ring is 1. The molecule has 8 nitrogen and oxygen atoms in total. The average Bonchev–Trinajstić information content (AvgIpc) is 2.99. The van der Waals surface area contributed by atoms with E-state index in [0.717, 1.165) is 18.5 Å². The van der Waals surface area contributed by atoms with Crippen LogP contribution in [-0.2, 0) is 16.1 Å². The normalized spacial score (nSPS) is 25.1. The summed E-state index contributed by atoms with van der Waals surface area (Å²) < 4.78 is 1.43. The molecule has 0 aliphatic heterocycles. The fraction of sp³-hybridized carbons (Fsp3) is 0.650. The SMILES string of the molecule is Cc1cc(N)n(CC(=O)N[C@@H]2C[C@@H](C(=O)NCC3=CCCCC3)CC[C@H]2O)n1. The highest BCUT2D eigenvalue weighted by molar-refractivity contribution is 5.80. The largest absolute Gasteiger partial charge is 0.391 e. The van der Waals surface area contributed by atoms with Crippen molar-refractivity contribution in [2.45, 2.75) is 70.6 Å². The number of aryl methyl sites for hydroxylation is 1. The van der Waals surface area contributed by atoms with E-state index in [1.165, 1.54) is 23.1 Å². The van der Waals surface area contributed by atoms with Crippen LogP contribution in [0.15, 0.2) is 17.7 Å². The van der Waals surface area contributed by atoms with E-state index in [-0.39, 0.29) is 24.3 Å². The second-order valence-corrected chi connectivity index (χ2v) is 7.95. The molecule has 1 saturated carbocycles. The van der Waals surface area contributed by atoms with Gasteiger partial charge in [-0.15, -0.1) is 0 Å². The number of anilines is 1. The van der Waals surface area contributed by atoms with Crippen LogP contribution < -0.4 is 16.4 Å². The third kappa shape index (κ3) is 5.34. The molecular weight excluding hydrogens is 358 g/mol. The molecule has 1 aromatic heterocycles. The summed E-state index contributed by atoms with van der Waals surface area (Å²) in [6.45, 7) is 2.41. The average molecular weight is 390 g/mol. The molecule has 28 heavy (non-hydrogen) atoms. The van der Waals surface area contributed by atoms with E-state index in [1.807, 2.05) is 6.92 Å². The van der Waals surface area contributed by atoms with Gasteiger partial charge in [-0.05, 0) is 51.9 Å². The van der Waals surface area contributed by atoms with E-state index in [9.17, 15) is 14.7 Å². The second kappa shape index (κ2) is 9.23. The smallest absolute Gasteiger partial charge is 0.242 e. The van der Waals surface area contributed by atoms with Crippen LogP contribution in [0.2, 0.25) is 0 Å². The summed E-state index contributed by atoms with van der Waals surface area (Å²) in [7, 11) is 0. The Labute approximate surface area is 165 Å². The summed E-state index contributed by atoms with van der Waals surface area (Å²) in [4.78, 5) is 24.9. The van der Waals surface area contributed by atoms with Gasteiger partial charge in [0.2, 0.25) is 11.8 Å². The highest BCUT2D eigenvalue weighted by Crippen LogP contribution is 2.25. The van der Waals surface area contributed by atoms with Crippen LogP contribution in [-0.4, -0.2) is 45.4 Å². The lowest BCUT2D eigenvalue weighted by Crippen LogP contribution is -2.50. The molecule has 2 aliphatic rings. The van der Waals surface area contributed by atoms with Gasteiger partial charge in [0.25, 0.3) is 0 Å². The van der Waals surface area contributed by atoms with E-state index in [4.69, 9.17) is 5.73 Å². The summed E-state index contributed by atoms with van der Waals surface area (Å²) in [5.41, 5.74) is 7.86. The zero-order valence-corrected chi connectivity index (χ0v) is 16.5. The van der Waals surface area contributed by atoms with Gasteiger partial charge in [-0.3, -0.25) is 9.59 Å². The van der Waals surface area contributed by atoms with Crippen LogP contribution in [0.4, 0.5) is 5.82 Å². The lowest BCUT2D eigenvalue weighted by molar-refractivity contribution is -0.129. The summed E-state index contributed by atoms with van der Waals surface area (Å²) in [5.74, 6) is -0.0436. The third-order valence-corrected chi connectivity index (χ3v) is 5.63. The van der Waals surface area contributed by atoms with Crippen molar-refractivity contribution in [3.05, 3.63) is 23.4 Å². The monoisotopic (exact) mass is 389 g/mol. The fourth-order valence-electron chi connectivity index (χ4n) is 4.04. The molecule has 1 fully saturated rings. The second-order valence-electron chi connectivity index (χ2n) is 7.95. The first-order valence-electron chi connectivity index (χ1n) is 10.2. The summed E-state index contributed by atoms with van der Waals surface area (Å²) >= 11 is 0. The number of nitrogens with one attached hydrogen (secondary N) is 2. The van der Waals surface area contributed by atoms with Crippen molar-refractivity contribution in [1.82, 2.24) is 20.4 Å². The number of carbonyl (C=O) groups is 2. The van der Waals surface area contributed by atoms with Crippen molar-refractivity contribution >= 4 is 17.6 Å². The van der Waals surface area contributed by atoms with Crippen molar-refractivity contribution < 1.29 is 14.7 Å². The van der Waals surface area contributed by atoms with E-state index in [1.54, 1.807) is 6.07 Å². The number of hydrogen-bond acceptors (Lipinski definition) is 5. The van der Waals surface area contributed by atoms with Gasteiger partial charge in [-0.25, -0.2) is 4.68 Å². The van der Waals surface area contributed by atoms with E-state index >= 15 is 0 Å². The van der Waals surface area contributed by atoms with Crippen LogP contribution >= 0.6 is 0 Å². The Hall–Kier alpha value is -2.35. The topological polar surface area (TPSA) is 122 Å². The predicted octanol–water partition coefficient (Wildman–Crippen LogP) is 1.04. The van der Waals surface area contributed by atoms with Gasteiger partial charge in [-0.2, -0.15) is 5.10 Å². The molecule has 8 heteroatoms. The number of amides is 2. The highest BCUT2D eigenvalue weighted by atomic mass is 16.3. The Morgan fingerprint density at radius 2 is 2.18 bits per heavy atom. The predicted molar refractivity (Wildman–Crippen MR) is 106 cm³/mol. The first kappa shape index (κ1) is 20.4. The highest BCUT2D eigenvalue weighted by Gasteiger charge is 2.33. The Morgan fingerprint density at radius 3 is 2.86 bits per heavy atom. The molecule has 0 unspecified atom stereocenters. The Morgan fingerprint density at radius 1 is 1.36 bits per heavy atom. The molecule has 3 atom stereocenters. The van der Waals surface area contributed by atoms with Crippen LogP contribution in [0.1, 0.15) is 50.6 Å². The molecular formula is C20H31N5O3. The van der Waals surface area contributed by atoms with Gasteiger partial charge >= 0.3 is 0 Å². The number of allylic oxidation sites excluding steroid dienone is 1. The Kier molecular flexibility index (Phi) is 6.72. The molecule has 0 bridgehead atoms. The first-order chi connectivity index (χ1) is 13.4. The minimum absolute atomic E-state index is 0.00423. The van der Waals surface area contributed by atoms with Gasteiger partial charge in [-0.1, -0.05) is 11.6 Å². The molecule has 1 heterocycles. The van der Waals surface area contributed by atoms with Crippen molar-refractivity contribution in [2.75, 3.05) is 12.3 Å². The Bertz CT molecular complexity index is 742. The maximum absolute atomic E-state index is 12.6. The van der Waals surface area contributed by atoms with Crippen LogP contribution in [0.25, 0.3) is 0 Å². The minimum atomic E-state index is -0.647. The van der Waals surface area contributed by atoms with E-state index < -0.39 is 12.1 Å². The van der Waals surface area contributed by atoms with E-state index in [2.05, 4.69) is 21.8 Å². The molecule has 1 aromatic rings.